The van der Waals surface area contributed by atoms with Gasteiger partial charge in [0.15, 0.2) is 0 Å². The van der Waals surface area contributed by atoms with Crippen molar-refractivity contribution in [2.24, 2.45) is 0 Å². The lowest BCUT2D eigenvalue weighted by atomic mass is 9.88. The van der Waals surface area contributed by atoms with E-state index in [0.717, 1.165) is 17.1 Å². The molecule has 0 amide bonds. The van der Waals surface area contributed by atoms with E-state index >= 15 is 0 Å². The van der Waals surface area contributed by atoms with Gasteiger partial charge in [-0.1, -0.05) is 96.1 Å². The second-order valence-corrected chi connectivity index (χ2v) is 9.21. The Morgan fingerprint density at radius 3 is 1.38 bits per heavy atom. The summed E-state index contributed by atoms with van der Waals surface area (Å²) in [6, 6.07) is 44.1. The van der Waals surface area contributed by atoms with E-state index in [1.54, 1.807) is 0 Å². The van der Waals surface area contributed by atoms with Crippen LogP contribution in [0, 0.1) is 13.8 Å². The van der Waals surface area contributed by atoms with Crippen LogP contribution in [0.3, 0.4) is 0 Å². The Balaban J connectivity index is 1.45. The number of aryl methyl sites for hydroxylation is 2. The molecule has 0 saturated heterocycles. The van der Waals surface area contributed by atoms with Crippen molar-refractivity contribution in [1.29, 1.82) is 0 Å². The molecule has 0 N–H and O–H groups in total. The summed E-state index contributed by atoms with van der Waals surface area (Å²) >= 11 is 0. The molecule has 1 aliphatic rings. The minimum Gasteiger partial charge on any atom is -0.311 e. The van der Waals surface area contributed by atoms with E-state index in [9.17, 15) is 0 Å². The number of hydrogen-bond acceptors (Lipinski definition) is 1. The molecule has 164 valence electrons. The maximum absolute atomic E-state index is 2.36. The lowest BCUT2D eigenvalue weighted by Gasteiger charge is -2.26. The van der Waals surface area contributed by atoms with E-state index in [0.29, 0.717) is 0 Å². The zero-order valence-electron chi connectivity index (χ0n) is 19.6. The van der Waals surface area contributed by atoms with E-state index in [-0.39, 0.29) is 5.92 Å². The number of nitrogens with zero attached hydrogens (tertiary/aromatic N) is 1. The number of para-hydroxylation sites is 2. The fourth-order valence-corrected chi connectivity index (χ4v) is 5.28. The quantitative estimate of drug-likeness (QED) is 0.266. The van der Waals surface area contributed by atoms with Crippen LogP contribution >= 0.6 is 0 Å². The van der Waals surface area contributed by atoms with E-state index in [1.807, 2.05) is 0 Å². The van der Waals surface area contributed by atoms with Gasteiger partial charge >= 0.3 is 0 Å². The van der Waals surface area contributed by atoms with E-state index in [4.69, 9.17) is 0 Å². The topological polar surface area (TPSA) is 3.24 Å². The number of rotatable bonds is 4. The molecular formula is C33H27N. The largest absolute Gasteiger partial charge is 0.311 e. The number of hydrogen-bond donors (Lipinski definition) is 0. The Morgan fingerprint density at radius 2 is 0.912 bits per heavy atom. The van der Waals surface area contributed by atoms with Crippen molar-refractivity contribution >= 4 is 17.1 Å². The third-order valence-corrected chi connectivity index (χ3v) is 6.84. The maximum atomic E-state index is 2.36. The van der Waals surface area contributed by atoms with Gasteiger partial charge in [-0.25, -0.2) is 0 Å². The van der Waals surface area contributed by atoms with Gasteiger partial charge in [0.1, 0.15) is 0 Å². The van der Waals surface area contributed by atoms with Crippen molar-refractivity contribution in [2.45, 2.75) is 19.8 Å². The lowest BCUT2D eigenvalue weighted by Crippen LogP contribution is -2.10. The van der Waals surface area contributed by atoms with Gasteiger partial charge in [-0.05, 0) is 78.1 Å². The van der Waals surface area contributed by atoms with Gasteiger partial charge in [0, 0.05) is 23.0 Å². The normalized spacial score (nSPS) is 12.3. The molecule has 5 aromatic rings. The highest BCUT2D eigenvalue weighted by atomic mass is 15.1. The van der Waals surface area contributed by atoms with Gasteiger partial charge in [-0.15, -0.1) is 0 Å². The van der Waals surface area contributed by atoms with Crippen molar-refractivity contribution in [1.82, 2.24) is 0 Å². The molecule has 0 spiro atoms. The average molecular weight is 438 g/mol. The molecule has 6 rings (SSSR count). The highest BCUT2D eigenvalue weighted by molar-refractivity contribution is 5.82. The van der Waals surface area contributed by atoms with E-state index in [1.165, 1.54) is 38.9 Å². The van der Waals surface area contributed by atoms with Crippen LogP contribution in [-0.4, -0.2) is 0 Å². The molecule has 0 unspecified atom stereocenters. The molecule has 0 aliphatic heterocycles. The molecule has 0 heterocycles. The van der Waals surface area contributed by atoms with Crippen LogP contribution in [0.15, 0.2) is 121 Å². The standard InChI is InChI=1S/C33H27N/c1-23-13-19-29-30-20-14-24(2)22-32(30)33(31(29)21-23)25-15-17-28(18-16-25)34(26-9-5-3-6-10-26)27-11-7-4-8-12-27/h3-22,33H,1-2H3. The van der Waals surface area contributed by atoms with Gasteiger partial charge in [0.25, 0.3) is 0 Å². The smallest absolute Gasteiger partial charge is 0.0461 e. The Morgan fingerprint density at radius 1 is 0.471 bits per heavy atom. The van der Waals surface area contributed by atoms with Crippen LogP contribution in [0.4, 0.5) is 17.1 Å². The second-order valence-electron chi connectivity index (χ2n) is 9.21. The van der Waals surface area contributed by atoms with Gasteiger partial charge < -0.3 is 4.90 Å². The average Bonchev–Trinajstić information content (AvgIpc) is 3.18. The molecule has 34 heavy (non-hydrogen) atoms. The van der Waals surface area contributed by atoms with Gasteiger partial charge in [-0.3, -0.25) is 0 Å². The first-order valence-corrected chi connectivity index (χ1v) is 11.9. The van der Waals surface area contributed by atoms with Crippen molar-refractivity contribution in [2.75, 3.05) is 4.90 Å². The molecule has 1 nitrogen and oxygen atoms in total. The second kappa shape index (κ2) is 8.35. The van der Waals surface area contributed by atoms with E-state index < -0.39 is 0 Å². The lowest BCUT2D eigenvalue weighted by molar-refractivity contribution is 1.01. The first kappa shape index (κ1) is 20.5. The molecule has 1 heteroatoms. The SMILES string of the molecule is Cc1ccc2c(c1)C(c1ccc(N(c3ccccc3)c3ccccc3)cc1)c1cc(C)ccc1-2. The summed E-state index contributed by atoms with van der Waals surface area (Å²) in [5, 5.41) is 0. The maximum Gasteiger partial charge on any atom is 0.0461 e. The van der Waals surface area contributed by atoms with Crippen LogP contribution in [0.25, 0.3) is 11.1 Å². The van der Waals surface area contributed by atoms with Gasteiger partial charge in [-0.2, -0.15) is 0 Å². The molecule has 5 aromatic carbocycles. The summed E-state index contributed by atoms with van der Waals surface area (Å²) in [6.45, 7) is 4.37. The highest BCUT2D eigenvalue weighted by Gasteiger charge is 2.30. The predicted molar refractivity (Wildman–Crippen MR) is 143 cm³/mol. The van der Waals surface area contributed by atoms with Crippen molar-refractivity contribution in [3.05, 3.63) is 149 Å². The van der Waals surface area contributed by atoms with Gasteiger partial charge in [0.05, 0.1) is 0 Å². The molecule has 0 radical (unpaired) electrons. The first-order valence-electron chi connectivity index (χ1n) is 11.9. The zero-order valence-corrected chi connectivity index (χ0v) is 19.6. The number of fused-ring (bicyclic) bond motifs is 3. The van der Waals surface area contributed by atoms with Crippen LogP contribution < -0.4 is 4.90 Å². The fourth-order valence-electron chi connectivity index (χ4n) is 5.28. The molecule has 1 aliphatic carbocycles. The zero-order chi connectivity index (χ0) is 23.1. The van der Waals surface area contributed by atoms with Gasteiger partial charge in [0.2, 0.25) is 0 Å². The summed E-state index contributed by atoms with van der Waals surface area (Å²) < 4.78 is 0. The molecule has 0 aromatic heterocycles. The Hall–Kier alpha value is -4.10. The predicted octanol–water partition coefficient (Wildman–Crippen LogP) is 8.93. The van der Waals surface area contributed by atoms with Crippen molar-refractivity contribution in [3.8, 4) is 11.1 Å². The molecule has 0 atom stereocenters. The Kier molecular flexibility index (Phi) is 5.04. The fraction of sp³-hybridized carbons (Fsp3) is 0.0909. The van der Waals surface area contributed by atoms with Crippen LogP contribution in [0.2, 0.25) is 0 Å². The number of anilines is 3. The summed E-state index contributed by atoms with van der Waals surface area (Å²) in [5.41, 5.74) is 13.0. The molecule has 0 fully saturated rings. The van der Waals surface area contributed by atoms with Crippen LogP contribution in [0.1, 0.15) is 33.7 Å². The summed E-state index contributed by atoms with van der Waals surface area (Å²) in [7, 11) is 0. The van der Waals surface area contributed by atoms with Crippen molar-refractivity contribution in [3.63, 3.8) is 0 Å². The van der Waals surface area contributed by atoms with Crippen molar-refractivity contribution < 1.29 is 0 Å². The van der Waals surface area contributed by atoms with Crippen LogP contribution in [-0.2, 0) is 0 Å². The van der Waals surface area contributed by atoms with E-state index in [2.05, 4.69) is 140 Å². The molecule has 0 saturated carbocycles. The monoisotopic (exact) mass is 437 g/mol. The summed E-state index contributed by atoms with van der Waals surface area (Å²) in [6.07, 6.45) is 0. The highest BCUT2D eigenvalue weighted by Crippen LogP contribution is 2.49. The third kappa shape index (κ3) is 3.50. The minimum atomic E-state index is 0.265. The molecule has 0 bridgehead atoms. The Labute approximate surface area is 202 Å². The van der Waals surface area contributed by atoms with Crippen LogP contribution in [0.5, 0.6) is 0 Å². The molecular weight excluding hydrogens is 410 g/mol. The first-order chi connectivity index (χ1) is 16.7. The Bertz CT molecular complexity index is 1360. The summed E-state index contributed by atoms with van der Waals surface area (Å²) in [4.78, 5) is 2.31. The summed E-state index contributed by atoms with van der Waals surface area (Å²) in [5.74, 6) is 0.265. The minimum absolute atomic E-state index is 0.265. The number of benzene rings is 5. The third-order valence-electron chi connectivity index (χ3n) is 6.84.